The van der Waals surface area contributed by atoms with Gasteiger partial charge in [0.1, 0.15) is 0 Å². The summed E-state index contributed by atoms with van der Waals surface area (Å²) in [5, 5.41) is 7.42. The average Bonchev–Trinajstić information content (AvgIpc) is 1.96. The van der Waals surface area contributed by atoms with Crippen LogP contribution in [0.4, 0.5) is 0 Å². The van der Waals surface area contributed by atoms with E-state index in [9.17, 15) is 9.59 Å². The van der Waals surface area contributed by atoms with Crippen molar-refractivity contribution in [1.29, 1.82) is 0 Å². The molecule has 0 amide bonds. The second kappa shape index (κ2) is 5.31. The number of halogens is 1. The van der Waals surface area contributed by atoms with Crippen molar-refractivity contribution in [3.05, 3.63) is 31.5 Å². The maximum absolute atomic E-state index is 10.5. The summed E-state index contributed by atoms with van der Waals surface area (Å²) in [6.07, 6.45) is 1.29. The first kappa shape index (κ1) is 11.6. The summed E-state index contributed by atoms with van der Waals surface area (Å²) in [6, 6.07) is 0. The van der Waals surface area contributed by atoms with Crippen molar-refractivity contribution in [2.75, 3.05) is 0 Å². The van der Waals surface area contributed by atoms with Crippen LogP contribution in [-0.2, 0) is 4.79 Å². The molecule has 1 rings (SSSR count). The third-order valence-corrected chi connectivity index (χ3v) is 1.36. The Hall–Kier alpha value is -1.37. The van der Waals surface area contributed by atoms with E-state index < -0.39 is 17.2 Å². The number of aliphatic carboxylic acids is 1. The van der Waals surface area contributed by atoms with Crippen molar-refractivity contribution in [1.82, 2.24) is 9.97 Å². The van der Waals surface area contributed by atoms with Crippen LogP contribution in [0.5, 0.6) is 0 Å². The van der Waals surface area contributed by atoms with Crippen LogP contribution < -0.4 is 11.2 Å². The third kappa shape index (κ3) is 5.85. The monoisotopic (exact) mass is 250 g/mol. The molecule has 1 aromatic rings. The van der Waals surface area contributed by atoms with E-state index in [0.29, 0.717) is 4.47 Å². The molecule has 7 heteroatoms. The molecule has 0 spiro atoms. The lowest BCUT2D eigenvalue weighted by Gasteiger charge is -1.82. The number of aromatic nitrogens is 2. The zero-order chi connectivity index (χ0) is 10.4. The summed E-state index contributed by atoms with van der Waals surface area (Å²) in [6.45, 7) is 1.08. The Kier molecular flexibility index (Phi) is 4.75. The molecule has 6 nitrogen and oxygen atoms in total. The molecular formula is C6H7BrN2O4. The topological polar surface area (TPSA) is 103 Å². The van der Waals surface area contributed by atoms with Gasteiger partial charge in [-0.3, -0.25) is 14.6 Å². The minimum absolute atomic E-state index is 0.321. The normalized spacial score (nSPS) is 8.46. The molecule has 72 valence electrons. The molecule has 0 aliphatic rings. The van der Waals surface area contributed by atoms with Crippen LogP contribution in [0.2, 0.25) is 0 Å². The lowest BCUT2D eigenvalue weighted by molar-refractivity contribution is -0.134. The molecule has 3 N–H and O–H groups in total. The smallest absolute Gasteiger partial charge is 0.325 e. The van der Waals surface area contributed by atoms with E-state index in [1.807, 2.05) is 4.98 Å². The Bertz CT molecular complexity index is 390. The van der Waals surface area contributed by atoms with Gasteiger partial charge in [0.25, 0.3) is 11.5 Å². The zero-order valence-corrected chi connectivity index (χ0v) is 8.21. The molecule has 0 atom stereocenters. The molecule has 13 heavy (non-hydrogen) atoms. The van der Waals surface area contributed by atoms with E-state index in [0.717, 1.165) is 6.92 Å². The molecule has 0 unspecified atom stereocenters. The maximum atomic E-state index is 10.5. The van der Waals surface area contributed by atoms with Crippen molar-refractivity contribution >= 4 is 21.9 Å². The zero-order valence-electron chi connectivity index (χ0n) is 6.63. The van der Waals surface area contributed by atoms with Crippen LogP contribution in [0.3, 0.4) is 0 Å². The quantitative estimate of drug-likeness (QED) is 0.599. The summed E-state index contributed by atoms with van der Waals surface area (Å²) in [5.41, 5.74) is -0.915. The molecule has 1 heterocycles. The lowest BCUT2D eigenvalue weighted by Crippen LogP contribution is -2.21. The SMILES string of the molecule is CC(=O)O.O=c1[nH]cc(Br)c(=O)[nH]1. The Balaban J connectivity index is 0.000000310. The maximum Gasteiger partial charge on any atom is 0.325 e. The number of carboxylic acid groups (broad SMARTS) is 1. The van der Waals surface area contributed by atoms with Crippen LogP contribution in [0.25, 0.3) is 0 Å². The van der Waals surface area contributed by atoms with Crippen LogP contribution in [0.15, 0.2) is 20.3 Å². The van der Waals surface area contributed by atoms with Gasteiger partial charge in [-0.15, -0.1) is 0 Å². The van der Waals surface area contributed by atoms with Gasteiger partial charge in [-0.05, 0) is 15.9 Å². The predicted molar refractivity (Wildman–Crippen MR) is 48.7 cm³/mol. The Morgan fingerprint density at radius 3 is 2.31 bits per heavy atom. The lowest BCUT2D eigenvalue weighted by atomic mass is 10.7. The van der Waals surface area contributed by atoms with E-state index in [1.54, 1.807) is 0 Å². The van der Waals surface area contributed by atoms with Gasteiger partial charge in [0.2, 0.25) is 0 Å². The fourth-order valence-corrected chi connectivity index (χ4v) is 0.607. The van der Waals surface area contributed by atoms with Gasteiger partial charge >= 0.3 is 5.69 Å². The molecule has 0 fully saturated rings. The molecule has 0 aliphatic carbocycles. The average molecular weight is 251 g/mol. The third-order valence-electron chi connectivity index (χ3n) is 0.774. The highest BCUT2D eigenvalue weighted by Gasteiger charge is 1.90. The number of carboxylic acids is 1. The molecule has 0 aliphatic heterocycles. The number of aromatic amines is 2. The fourth-order valence-electron chi connectivity index (χ4n) is 0.393. The van der Waals surface area contributed by atoms with Gasteiger partial charge < -0.3 is 10.1 Å². The summed E-state index contributed by atoms with van der Waals surface area (Å²) in [4.78, 5) is 34.1. The highest BCUT2D eigenvalue weighted by Crippen LogP contribution is 1.93. The number of carbonyl (C=O) groups is 1. The molecule has 1 aromatic heterocycles. The first-order valence-corrected chi connectivity index (χ1v) is 3.90. The summed E-state index contributed by atoms with van der Waals surface area (Å²) in [5.74, 6) is -0.833. The first-order chi connectivity index (χ1) is 5.93. The Labute approximate surface area is 80.8 Å². The van der Waals surface area contributed by atoms with E-state index in [2.05, 4.69) is 20.9 Å². The number of rotatable bonds is 0. The molecule has 0 bridgehead atoms. The van der Waals surface area contributed by atoms with E-state index in [-0.39, 0.29) is 0 Å². The first-order valence-electron chi connectivity index (χ1n) is 3.10. The largest absolute Gasteiger partial charge is 0.481 e. The Morgan fingerprint density at radius 1 is 1.54 bits per heavy atom. The van der Waals surface area contributed by atoms with Crippen molar-refractivity contribution in [3.63, 3.8) is 0 Å². The molecule has 0 radical (unpaired) electrons. The van der Waals surface area contributed by atoms with Crippen LogP contribution >= 0.6 is 15.9 Å². The second-order valence-electron chi connectivity index (χ2n) is 1.94. The number of nitrogens with one attached hydrogen (secondary N) is 2. The van der Waals surface area contributed by atoms with Gasteiger partial charge in [-0.25, -0.2) is 4.79 Å². The summed E-state index contributed by atoms with van der Waals surface area (Å²) in [7, 11) is 0. The van der Waals surface area contributed by atoms with Crippen molar-refractivity contribution in [2.45, 2.75) is 6.92 Å². The van der Waals surface area contributed by atoms with E-state index >= 15 is 0 Å². The number of hydrogen-bond acceptors (Lipinski definition) is 3. The minimum atomic E-state index is -0.833. The summed E-state index contributed by atoms with van der Waals surface area (Å²) < 4.78 is 0.321. The van der Waals surface area contributed by atoms with Crippen LogP contribution in [0.1, 0.15) is 6.92 Å². The molecule has 0 aromatic carbocycles. The number of hydrogen-bond donors (Lipinski definition) is 3. The van der Waals surface area contributed by atoms with E-state index in [4.69, 9.17) is 9.90 Å². The number of H-pyrrole nitrogens is 2. The van der Waals surface area contributed by atoms with Gasteiger partial charge in [0.15, 0.2) is 0 Å². The van der Waals surface area contributed by atoms with Gasteiger partial charge in [0, 0.05) is 13.1 Å². The van der Waals surface area contributed by atoms with Crippen LogP contribution in [0, 0.1) is 0 Å². The highest BCUT2D eigenvalue weighted by atomic mass is 79.9. The fraction of sp³-hybridized carbons (Fsp3) is 0.167. The van der Waals surface area contributed by atoms with Crippen molar-refractivity contribution in [3.8, 4) is 0 Å². The van der Waals surface area contributed by atoms with Gasteiger partial charge in [0.05, 0.1) is 4.47 Å². The van der Waals surface area contributed by atoms with Gasteiger partial charge in [-0.1, -0.05) is 0 Å². The van der Waals surface area contributed by atoms with Crippen LogP contribution in [-0.4, -0.2) is 21.0 Å². The molecule has 0 saturated carbocycles. The molecule has 0 saturated heterocycles. The highest BCUT2D eigenvalue weighted by molar-refractivity contribution is 9.10. The molecular weight excluding hydrogens is 244 g/mol. The predicted octanol–water partition coefficient (Wildman–Crippen LogP) is -0.0834. The summed E-state index contributed by atoms with van der Waals surface area (Å²) >= 11 is 2.92. The van der Waals surface area contributed by atoms with Crippen molar-refractivity contribution in [2.24, 2.45) is 0 Å². The minimum Gasteiger partial charge on any atom is -0.481 e. The van der Waals surface area contributed by atoms with Gasteiger partial charge in [-0.2, -0.15) is 0 Å². The Morgan fingerprint density at radius 2 is 2.00 bits per heavy atom. The van der Waals surface area contributed by atoms with E-state index in [1.165, 1.54) is 6.20 Å². The standard InChI is InChI=1S/C4H3BrN2O2.C2H4O2/c5-2-1-6-4(9)7-3(2)8;1-2(3)4/h1H,(H2,6,7,8,9);1H3,(H,3,4). The second-order valence-corrected chi connectivity index (χ2v) is 2.79. The van der Waals surface area contributed by atoms with Crippen molar-refractivity contribution < 1.29 is 9.90 Å².